The zero-order chi connectivity index (χ0) is 18.5. The highest BCUT2D eigenvalue weighted by Gasteiger charge is 2.28. The number of carbonyl (C=O) groups is 1. The van der Waals surface area contributed by atoms with E-state index in [0.29, 0.717) is 19.8 Å². The highest BCUT2D eigenvalue weighted by Crippen LogP contribution is 2.14. The molecule has 0 spiro atoms. The zero-order valence-corrected chi connectivity index (χ0v) is 15.0. The molecule has 1 amide bonds. The van der Waals surface area contributed by atoms with Crippen molar-refractivity contribution in [2.24, 2.45) is 0 Å². The van der Waals surface area contributed by atoms with E-state index in [1.807, 2.05) is 48.7 Å². The number of nitrogens with zero attached hydrogens (tertiary/aromatic N) is 3. The lowest BCUT2D eigenvalue weighted by Crippen LogP contribution is -2.50. The largest absolute Gasteiger partial charge is 0.379 e. The number of hydrogen-bond donors (Lipinski definition) is 1. The number of benzene rings is 1. The molecule has 27 heavy (non-hydrogen) atoms. The van der Waals surface area contributed by atoms with Crippen molar-refractivity contribution in [3.8, 4) is 0 Å². The van der Waals surface area contributed by atoms with Crippen LogP contribution in [-0.2, 0) is 27.4 Å². The average molecular weight is 366 g/mol. The van der Waals surface area contributed by atoms with Crippen LogP contribution in [0.3, 0.4) is 0 Å². The lowest BCUT2D eigenvalue weighted by molar-refractivity contribution is -0.127. The molecule has 0 aliphatic carbocycles. The molecule has 1 fully saturated rings. The molecule has 7 nitrogen and oxygen atoms in total. The summed E-state index contributed by atoms with van der Waals surface area (Å²) in [5, 5.41) is 8.53. The molecular weight excluding hydrogens is 344 g/mol. The summed E-state index contributed by atoms with van der Waals surface area (Å²) in [6.45, 7) is 1.65. The number of nitrogens with one attached hydrogen (secondary N) is 1. The van der Waals surface area contributed by atoms with Gasteiger partial charge in [-0.15, -0.1) is 0 Å². The molecule has 1 saturated heterocycles. The average Bonchev–Trinajstić information content (AvgIpc) is 3.10. The minimum Gasteiger partial charge on any atom is -0.379 e. The predicted molar refractivity (Wildman–Crippen MR) is 99.9 cm³/mol. The molecule has 2 atom stereocenters. The third-order valence-corrected chi connectivity index (χ3v) is 4.59. The number of rotatable bonds is 6. The van der Waals surface area contributed by atoms with E-state index in [2.05, 4.69) is 15.4 Å². The van der Waals surface area contributed by atoms with Crippen molar-refractivity contribution in [3.63, 3.8) is 0 Å². The highest BCUT2D eigenvalue weighted by molar-refractivity contribution is 5.79. The first-order valence-corrected chi connectivity index (χ1v) is 9.09. The Hall–Kier alpha value is -2.77. The van der Waals surface area contributed by atoms with Crippen LogP contribution < -0.4 is 5.32 Å². The summed E-state index contributed by atoms with van der Waals surface area (Å²) in [5.41, 5.74) is 1.74. The Balaban J connectivity index is 1.34. The Morgan fingerprint density at radius 3 is 3.00 bits per heavy atom. The molecule has 1 aromatic carbocycles. The minimum absolute atomic E-state index is 0.0823. The molecule has 1 aliphatic rings. The van der Waals surface area contributed by atoms with Gasteiger partial charge in [0.1, 0.15) is 12.6 Å². The van der Waals surface area contributed by atoms with E-state index in [9.17, 15) is 4.79 Å². The number of hydrogen-bond acceptors (Lipinski definition) is 5. The number of ether oxygens (including phenoxy) is 2. The molecule has 0 bridgehead atoms. The van der Waals surface area contributed by atoms with Gasteiger partial charge in [0.05, 0.1) is 30.5 Å². The summed E-state index contributed by atoms with van der Waals surface area (Å²) in [6, 6.07) is 13.4. The summed E-state index contributed by atoms with van der Waals surface area (Å²) in [4.78, 5) is 16.8. The highest BCUT2D eigenvalue weighted by atomic mass is 16.5. The topological polar surface area (TPSA) is 78.3 Å². The molecular formula is C20H22N4O3. The lowest BCUT2D eigenvalue weighted by atomic mass is 10.1. The second-order valence-electron chi connectivity index (χ2n) is 6.59. The van der Waals surface area contributed by atoms with Gasteiger partial charge in [-0.2, -0.15) is 5.10 Å². The quantitative estimate of drug-likeness (QED) is 0.721. The van der Waals surface area contributed by atoms with Crippen molar-refractivity contribution in [2.45, 2.75) is 31.7 Å². The SMILES string of the molecule is O=C(Cn1cc2ccccc2n1)NC1CCOCC1OCc1ccccn1. The summed E-state index contributed by atoms with van der Waals surface area (Å²) in [5.74, 6) is -0.0823. The Labute approximate surface area is 157 Å². The first-order valence-electron chi connectivity index (χ1n) is 9.09. The normalized spacial score (nSPS) is 19.9. The fourth-order valence-corrected chi connectivity index (χ4v) is 3.21. The molecule has 0 radical (unpaired) electrons. The summed E-state index contributed by atoms with van der Waals surface area (Å²) in [7, 11) is 0. The van der Waals surface area contributed by atoms with Gasteiger partial charge in [0.15, 0.2) is 0 Å². The van der Waals surface area contributed by atoms with Gasteiger partial charge in [-0.05, 0) is 24.6 Å². The second-order valence-corrected chi connectivity index (χ2v) is 6.59. The van der Waals surface area contributed by atoms with Crippen molar-refractivity contribution >= 4 is 16.8 Å². The molecule has 0 saturated carbocycles. The maximum Gasteiger partial charge on any atom is 0.242 e. The number of amides is 1. The van der Waals surface area contributed by atoms with E-state index in [4.69, 9.17) is 9.47 Å². The number of aromatic nitrogens is 3. The molecule has 2 unspecified atom stereocenters. The van der Waals surface area contributed by atoms with E-state index in [-0.39, 0.29) is 24.6 Å². The zero-order valence-electron chi connectivity index (χ0n) is 15.0. The van der Waals surface area contributed by atoms with E-state index >= 15 is 0 Å². The van der Waals surface area contributed by atoms with Crippen LogP contribution in [0.15, 0.2) is 54.9 Å². The fraction of sp³-hybridized carbons (Fsp3) is 0.350. The maximum atomic E-state index is 12.5. The van der Waals surface area contributed by atoms with Crippen molar-refractivity contribution in [1.82, 2.24) is 20.1 Å². The first-order chi connectivity index (χ1) is 13.3. The third kappa shape index (κ3) is 4.50. The third-order valence-electron chi connectivity index (χ3n) is 4.59. The Bertz CT molecular complexity index is 863. The van der Waals surface area contributed by atoms with Gasteiger partial charge in [0.2, 0.25) is 5.91 Å². The van der Waals surface area contributed by atoms with Crippen molar-refractivity contribution in [1.29, 1.82) is 0 Å². The molecule has 1 aliphatic heterocycles. The number of carbonyl (C=O) groups excluding carboxylic acids is 1. The van der Waals surface area contributed by atoms with E-state index in [1.54, 1.807) is 10.9 Å². The van der Waals surface area contributed by atoms with Crippen LogP contribution in [0.4, 0.5) is 0 Å². The Morgan fingerprint density at radius 1 is 1.26 bits per heavy atom. The van der Waals surface area contributed by atoms with Crippen molar-refractivity contribution in [2.75, 3.05) is 13.2 Å². The van der Waals surface area contributed by atoms with Gasteiger partial charge >= 0.3 is 0 Å². The molecule has 140 valence electrons. The minimum atomic E-state index is -0.193. The van der Waals surface area contributed by atoms with E-state index in [1.165, 1.54) is 0 Å². The van der Waals surface area contributed by atoms with Gasteiger partial charge in [-0.25, -0.2) is 0 Å². The molecule has 3 heterocycles. The summed E-state index contributed by atoms with van der Waals surface area (Å²) in [6.07, 6.45) is 4.15. The number of pyridine rings is 1. The predicted octanol–water partition coefficient (Wildman–Crippen LogP) is 1.92. The fourth-order valence-electron chi connectivity index (χ4n) is 3.21. The monoisotopic (exact) mass is 366 g/mol. The number of fused-ring (bicyclic) bond motifs is 1. The van der Waals surface area contributed by atoms with Gasteiger partial charge in [-0.3, -0.25) is 14.5 Å². The van der Waals surface area contributed by atoms with Crippen LogP contribution >= 0.6 is 0 Å². The summed E-state index contributed by atoms with van der Waals surface area (Å²) >= 11 is 0. The molecule has 3 aromatic rings. The van der Waals surface area contributed by atoms with Crippen molar-refractivity contribution in [3.05, 3.63) is 60.6 Å². The molecule has 2 aromatic heterocycles. The standard InChI is InChI=1S/C20H22N4O3/c25-20(12-24-11-15-5-1-2-7-17(15)23-24)22-18-8-10-26-14-19(18)27-13-16-6-3-4-9-21-16/h1-7,9,11,18-19H,8,10,12-14H2,(H,22,25). The first kappa shape index (κ1) is 17.6. The van der Waals surface area contributed by atoms with Gasteiger partial charge < -0.3 is 14.8 Å². The van der Waals surface area contributed by atoms with E-state index < -0.39 is 0 Å². The van der Waals surface area contributed by atoms with Crippen LogP contribution in [0.5, 0.6) is 0 Å². The van der Waals surface area contributed by atoms with Crippen LogP contribution in [0.25, 0.3) is 10.9 Å². The van der Waals surface area contributed by atoms with Crippen LogP contribution in [0, 0.1) is 0 Å². The van der Waals surface area contributed by atoms with Crippen LogP contribution in [-0.4, -0.2) is 46.0 Å². The Morgan fingerprint density at radius 2 is 2.15 bits per heavy atom. The van der Waals surface area contributed by atoms with Gasteiger partial charge in [0.25, 0.3) is 0 Å². The summed E-state index contributed by atoms with van der Waals surface area (Å²) < 4.78 is 13.2. The molecule has 4 rings (SSSR count). The van der Waals surface area contributed by atoms with Crippen molar-refractivity contribution < 1.29 is 14.3 Å². The van der Waals surface area contributed by atoms with Crippen LogP contribution in [0.2, 0.25) is 0 Å². The smallest absolute Gasteiger partial charge is 0.242 e. The van der Waals surface area contributed by atoms with Crippen LogP contribution in [0.1, 0.15) is 12.1 Å². The van der Waals surface area contributed by atoms with Gasteiger partial charge in [0, 0.05) is 24.4 Å². The molecule has 1 N–H and O–H groups in total. The molecule has 7 heteroatoms. The lowest BCUT2D eigenvalue weighted by Gasteiger charge is -2.32. The second kappa shape index (κ2) is 8.28. The maximum absolute atomic E-state index is 12.5. The van der Waals surface area contributed by atoms with Gasteiger partial charge in [-0.1, -0.05) is 24.3 Å². The van der Waals surface area contributed by atoms with E-state index in [0.717, 1.165) is 23.0 Å². The Kier molecular flexibility index (Phi) is 5.41.